The third-order valence-electron chi connectivity index (χ3n) is 3.61. The van der Waals surface area contributed by atoms with Crippen molar-refractivity contribution < 1.29 is 4.79 Å². The minimum absolute atomic E-state index is 0.0729. The molecular weight excluding hydrogens is 306 g/mol. The van der Waals surface area contributed by atoms with Crippen LogP contribution in [0.1, 0.15) is 27.5 Å². The number of nitrogens with one attached hydrogen (secondary N) is 2. The molecule has 2 aromatic heterocycles. The fraction of sp³-hybridized carbons (Fsp3) is 0.222. The largest absolute Gasteiger partial charge is 0.357 e. The van der Waals surface area contributed by atoms with Crippen molar-refractivity contribution in [2.24, 2.45) is 0 Å². The summed E-state index contributed by atoms with van der Waals surface area (Å²) in [7, 11) is 0. The average Bonchev–Trinajstić information content (AvgIpc) is 3.21. The summed E-state index contributed by atoms with van der Waals surface area (Å²) in [6.07, 6.45) is 3.72. The van der Waals surface area contributed by atoms with Crippen molar-refractivity contribution in [1.82, 2.24) is 15.3 Å². The number of aromatic nitrogens is 2. The highest BCUT2D eigenvalue weighted by molar-refractivity contribution is 7.09. The minimum Gasteiger partial charge on any atom is -0.357 e. The van der Waals surface area contributed by atoms with Crippen LogP contribution in [-0.4, -0.2) is 22.4 Å². The summed E-state index contributed by atoms with van der Waals surface area (Å²) in [6, 6.07) is 12.1. The number of amides is 1. The highest BCUT2D eigenvalue weighted by Gasteiger charge is 2.10. The van der Waals surface area contributed by atoms with Gasteiger partial charge in [-0.2, -0.15) is 0 Å². The Balaban J connectivity index is 1.50. The van der Waals surface area contributed by atoms with Gasteiger partial charge in [-0.05, 0) is 31.4 Å². The van der Waals surface area contributed by atoms with Crippen LogP contribution in [0.2, 0.25) is 0 Å². The summed E-state index contributed by atoms with van der Waals surface area (Å²) >= 11 is 1.61. The van der Waals surface area contributed by atoms with E-state index in [9.17, 15) is 4.79 Å². The van der Waals surface area contributed by atoms with Crippen LogP contribution < -0.4 is 5.32 Å². The van der Waals surface area contributed by atoms with Crippen molar-refractivity contribution in [3.63, 3.8) is 0 Å². The van der Waals surface area contributed by atoms with E-state index in [-0.39, 0.29) is 5.91 Å². The van der Waals surface area contributed by atoms with Gasteiger partial charge in [0.1, 0.15) is 5.69 Å². The van der Waals surface area contributed by atoms with Crippen molar-refractivity contribution in [1.29, 1.82) is 0 Å². The normalized spacial score (nSPS) is 10.7. The molecule has 0 fully saturated rings. The highest BCUT2D eigenvalue weighted by Crippen LogP contribution is 2.22. The highest BCUT2D eigenvalue weighted by atomic mass is 32.1. The van der Waals surface area contributed by atoms with Gasteiger partial charge in [0.2, 0.25) is 0 Å². The molecule has 0 radical (unpaired) electrons. The maximum Gasteiger partial charge on any atom is 0.267 e. The predicted molar refractivity (Wildman–Crippen MR) is 93.7 cm³/mol. The van der Waals surface area contributed by atoms with Crippen molar-refractivity contribution in [2.75, 3.05) is 6.54 Å². The number of hydrogen-bond acceptors (Lipinski definition) is 3. The van der Waals surface area contributed by atoms with Crippen LogP contribution in [0.3, 0.4) is 0 Å². The number of H-pyrrole nitrogens is 1. The first-order valence-corrected chi connectivity index (χ1v) is 8.53. The smallest absolute Gasteiger partial charge is 0.267 e. The first-order chi connectivity index (χ1) is 11.2. The van der Waals surface area contributed by atoms with Gasteiger partial charge in [0.05, 0.1) is 10.7 Å². The number of nitrogens with zero attached hydrogens (tertiary/aromatic N) is 1. The Morgan fingerprint density at radius 2 is 2.13 bits per heavy atom. The second-order valence-corrected chi connectivity index (χ2v) is 6.46. The number of thiazole rings is 1. The molecule has 1 aromatic carbocycles. The summed E-state index contributed by atoms with van der Waals surface area (Å²) in [5.74, 6) is -0.0729. The molecule has 0 atom stereocenters. The molecule has 3 aromatic rings. The number of aryl methyl sites for hydroxylation is 2. The monoisotopic (exact) mass is 325 g/mol. The molecule has 0 unspecified atom stereocenters. The first-order valence-electron chi connectivity index (χ1n) is 7.65. The molecule has 0 aliphatic carbocycles. The van der Waals surface area contributed by atoms with Crippen molar-refractivity contribution in [3.05, 3.63) is 64.2 Å². The van der Waals surface area contributed by atoms with E-state index in [0.717, 1.165) is 29.1 Å². The van der Waals surface area contributed by atoms with Crippen molar-refractivity contribution >= 4 is 17.2 Å². The van der Waals surface area contributed by atoms with E-state index in [1.54, 1.807) is 11.3 Å². The Bertz CT molecular complexity index is 776. The van der Waals surface area contributed by atoms with Crippen LogP contribution in [0, 0.1) is 6.92 Å². The minimum atomic E-state index is -0.0729. The Kier molecular flexibility index (Phi) is 4.88. The molecule has 2 N–H and O–H groups in total. The topological polar surface area (TPSA) is 57.8 Å². The van der Waals surface area contributed by atoms with Crippen LogP contribution in [0.4, 0.5) is 0 Å². The maximum absolute atomic E-state index is 12.1. The van der Waals surface area contributed by atoms with Gasteiger partial charge in [-0.15, -0.1) is 11.3 Å². The van der Waals surface area contributed by atoms with E-state index < -0.39 is 0 Å². The number of aromatic amines is 1. The third-order valence-corrected chi connectivity index (χ3v) is 4.39. The molecule has 2 heterocycles. The zero-order valence-electron chi connectivity index (χ0n) is 13.0. The summed E-state index contributed by atoms with van der Waals surface area (Å²) in [5.41, 5.74) is 3.73. The molecule has 5 heteroatoms. The van der Waals surface area contributed by atoms with E-state index in [0.29, 0.717) is 12.2 Å². The SMILES string of the molecule is Cc1nc(-c2c[nH]c(C(=O)NCCCc3ccccc3)c2)cs1. The van der Waals surface area contributed by atoms with E-state index in [1.807, 2.05) is 42.8 Å². The second-order valence-electron chi connectivity index (χ2n) is 5.40. The molecule has 0 spiro atoms. The van der Waals surface area contributed by atoms with Crippen molar-refractivity contribution in [2.45, 2.75) is 19.8 Å². The molecule has 3 rings (SSSR count). The number of rotatable bonds is 6. The van der Waals surface area contributed by atoms with E-state index in [1.165, 1.54) is 5.56 Å². The summed E-state index contributed by atoms with van der Waals surface area (Å²) in [6.45, 7) is 2.64. The molecule has 23 heavy (non-hydrogen) atoms. The molecule has 0 bridgehead atoms. The summed E-state index contributed by atoms with van der Waals surface area (Å²) < 4.78 is 0. The molecular formula is C18H19N3OS. The summed E-state index contributed by atoms with van der Waals surface area (Å²) in [4.78, 5) is 19.6. The van der Waals surface area contributed by atoms with E-state index in [4.69, 9.17) is 0 Å². The zero-order valence-corrected chi connectivity index (χ0v) is 13.8. The lowest BCUT2D eigenvalue weighted by atomic mass is 10.1. The van der Waals surface area contributed by atoms with Gasteiger partial charge >= 0.3 is 0 Å². The number of carbonyl (C=O) groups excluding carboxylic acids is 1. The van der Waals surface area contributed by atoms with Gasteiger partial charge in [-0.25, -0.2) is 4.98 Å². The van der Waals surface area contributed by atoms with E-state index in [2.05, 4.69) is 27.4 Å². The Morgan fingerprint density at radius 1 is 1.30 bits per heavy atom. The van der Waals surface area contributed by atoms with Gasteiger partial charge in [-0.3, -0.25) is 4.79 Å². The van der Waals surface area contributed by atoms with Crippen LogP contribution >= 0.6 is 11.3 Å². The lowest BCUT2D eigenvalue weighted by Gasteiger charge is -2.04. The molecule has 1 amide bonds. The Labute approximate surface area is 139 Å². The zero-order chi connectivity index (χ0) is 16.1. The van der Waals surface area contributed by atoms with Crippen LogP contribution in [0.25, 0.3) is 11.3 Å². The fourth-order valence-corrected chi connectivity index (χ4v) is 3.03. The number of carbonyl (C=O) groups is 1. The van der Waals surface area contributed by atoms with Gasteiger partial charge < -0.3 is 10.3 Å². The van der Waals surface area contributed by atoms with Crippen LogP contribution in [0.15, 0.2) is 48.0 Å². The molecule has 0 saturated heterocycles. The third kappa shape index (κ3) is 4.07. The number of benzene rings is 1. The Hall–Kier alpha value is -2.40. The predicted octanol–water partition coefficient (Wildman–Crippen LogP) is 3.81. The molecule has 0 aliphatic rings. The quantitative estimate of drug-likeness (QED) is 0.677. The Morgan fingerprint density at radius 3 is 2.87 bits per heavy atom. The molecule has 118 valence electrons. The van der Waals surface area contributed by atoms with Gasteiger partial charge in [0, 0.05) is 23.7 Å². The number of hydrogen-bond donors (Lipinski definition) is 2. The second kappa shape index (κ2) is 7.24. The maximum atomic E-state index is 12.1. The average molecular weight is 325 g/mol. The summed E-state index contributed by atoms with van der Waals surface area (Å²) in [5, 5.41) is 5.97. The lowest BCUT2D eigenvalue weighted by Crippen LogP contribution is -2.25. The van der Waals surface area contributed by atoms with Crippen molar-refractivity contribution in [3.8, 4) is 11.3 Å². The lowest BCUT2D eigenvalue weighted by molar-refractivity contribution is 0.0949. The van der Waals surface area contributed by atoms with E-state index >= 15 is 0 Å². The van der Waals surface area contributed by atoms with Gasteiger partial charge in [0.25, 0.3) is 5.91 Å². The van der Waals surface area contributed by atoms with Crippen LogP contribution in [-0.2, 0) is 6.42 Å². The molecule has 0 saturated carbocycles. The standard InChI is InChI=1S/C18H19N3OS/c1-13-21-17(12-23-13)15-10-16(20-11-15)18(22)19-9-5-8-14-6-3-2-4-7-14/h2-4,6-7,10-12,20H,5,8-9H2,1H3,(H,19,22). The molecule has 4 nitrogen and oxygen atoms in total. The van der Waals surface area contributed by atoms with Gasteiger partial charge in [-0.1, -0.05) is 30.3 Å². The first kappa shape index (κ1) is 15.5. The fourth-order valence-electron chi connectivity index (χ4n) is 2.40. The van der Waals surface area contributed by atoms with Crippen LogP contribution in [0.5, 0.6) is 0 Å². The van der Waals surface area contributed by atoms with Gasteiger partial charge in [0.15, 0.2) is 0 Å². The molecule has 0 aliphatic heterocycles.